The molecule has 0 radical (unpaired) electrons. The average Bonchev–Trinajstić information content (AvgIpc) is 2.98. The van der Waals surface area contributed by atoms with Crippen molar-refractivity contribution in [3.63, 3.8) is 0 Å². The van der Waals surface area contributed by atoms with Crippen molar-refractivity contribution in [1.29, 1.82) is 0 Å². The van der Waals surface area contributed by atoms with Crippen LogP contribution in [0.5, 0.6) is 0 Å². The van der Waals surface area contributed by atoms with Crippen LogP contribution >= 0.6 is 11.3 Å². The molecule has 0 aliphatic heterocycles. The first-order valence-electron chi connectivity index (χ1n) is 6.08. The molecule has 22 heavy (non-hydrogen) atoms. The van der Waals surface area contributed by atoms with E-state index in [2.05, 4.69) is 4.72 Å². The summed E-state index contributed by atoms with van der Waals surface area (Å²) in [6.07, 6.45) is -5.68. The van der Waals surface area contributed by atoms with Crippen LogP contribution < -0.4 is 4.72 Å². The predicted molar refractivity (Wildman–Crippen MR) is 75.9 cm³/mol. The van der Waals surface area contributed by atoms with Gasteiger partial charge in [-0.05, 0) is 29.6 Å². The number of benzene rings is 1. The summed E-state index contributed by atoms with van der Waals surface area (Å²) < 4.78 is 63.9. The molecule has 0 aliphatic rings. The van der Waals surface area contributed by atoms with E-state index < -0.39 is 32.8 Å². The molecule has 1 aromatic heterocycles. The third-order valence-corrected chi connectivity index (χ3v) is 5.20. The lowest BCUT2D eigenvalue weighted by atomic mass is 10.2. The SMILES string of the molecule is O=S(=O)(NCC(O)c1cccs1)c1cccc(C(F)(F)F)c1. The minimum atomic E-state index is -4.62. The Hall–Kier alpha value is -1.42. The first kappa shape index (κ1) is 16.9. The van der Waals surface area contributed by atoms with E-state index in [1.807, 2.05) is 0 Å². The number of nitrogens with one attached hydrogen (secondary N) is 1. The molecule has 2 rings (SSSR count). The fourth-order valence-corrected chi connectivity index (χ4v) is 3.49. The van der Waals surface area contributed by atoms with Gasteiger partial charge >= 0.3 is 6.18 Å². The summed E-state index contributed by atoms with van der Waals surface area (Å²) in [5, 5.41) is 11.5. The van der Waals surface area contributed by atoms with Gasteiger partial charge in [-0.3, -0.25) is 0 Å². The Kier molecular flexibility index (Phi) is 4.90. The van der Waals surface area contributed by atoms with E-state index in [4.69, 9.17) is 0 Å². The smallest absolute Gasteiger partial charge is 0.386 e. The molecule has 0 amide bonds. The number of aliphatic hydroxyl groups excluding tert-OH is 1. The number of thiophene rings is 1. The molecule has 0 saturated heterocycles. The van der Waals surface area contributed by atoms with Gasteiger partial charge in [0.2, 0.25) is 10.0 Å². The second-order valence-corrected chi connectivity index (χ2v) is 7.15. The van der Waals surface area contributed by atoms with E-state index in [0.717, 1.165) is 18.2 Å². The summed E-state index contributed by atoms with van der Waals surface area (Å²) in [6.45, 7) is -0.320. The fraction of sp³-hybridized carbons (Fsp3) is 0.231. The van der Waals surface area contributed by atoms with Crippen molar-refractivity contribution in [2.75, 3.05) is 6.54 Å². The second-order valence-electron chi connectivity index (χ2n) is 4.41. The largest absolute Gasteiger partial charge is 0.416 e. The van der Waals surface area contributed by atoms with E-state index in [-0.39, 0.29) is 6.54 Å². The Balaban J connectivity index is 2.14. The summed E-state index contributed by atoms with van der Waals surface area (Å²) in [5.74, 6) is 0. The highest BCUT2D eigenvalue weighted by atomic mass is 32.2. The molecule has 2 aromatic rings. The zero-order chi connectivity index (χ0) is 16.4. The predicted octanol–water partition coefficient (Wildman–Crippen LogP) is 2.78. The van der Waals surface area contributed by atoms with Crippen molar-refractivity contribution in [3.8, 4) is 0 Å². The van der Waals surface area contributed by atoms with Crippen molar-refractivity contribution in [3.05, 3.63) is 52.2 Å². The minimum Gasteiger partial charge on any atom is -0.386 e. The lowest BCUT2D eigenvalue weighted by molar-refractivity contribution is -0.137. The van der Waals surface area contributed by atoms with Crippen LogP contribution in [0.2, 0.25) is 0 Å². The highest BCUT2D eigenvalue weighted by Crippen LogP contribution is 2.30. The zero-order valence-electron chi connectivity index (χ0n) is 11.0. The first-order valence-corrected chi connectivity index (χ1v) is 8.45. The molecule has 1 heterocycles. The van der Waals surface area contributed by atoms with Gasteiger partial charge in [0.05, 0.1) is 10.5 Å². The number of aliphatic hydroxyl groups is 1. The standard InChI is InChI=1S/C13H12F3NO3S2/c14-13(15,16)9-3-1-4-10(7-9)22(19,20)17-8-11(18)12-5-2-6-21-12/h1-7,11,17-18H,8H2. The fourth-order valence-electron chi connectivity index (χ4n) is 1.69. The topological polar surface area (TPSA) is 66.4 Å². The van der Waals surface area contributed by atoms with E-state index >= 15 is 0 Å². The van der Waals surface area contributed by atoms with Crippen LogP contribution in [0.15, 0.2) is 46.7 Å². The zero-order valence-corrected chi connectivity index (χ0v) is 12.7. The van der Waals surface area contributed by atoms with Crippen LogP contribution in [0.1, 0.15) is 16.5 Å². The maximum atomic E-state index is 12.6. The Labute approximate surface area is 129 Å². The van der Waals surface area contributed by atoms with E-state index in [9.17, 15) is 26.7 Å². The summed E-state index contributed by atoms with van der Waals surface area (Å²) in [5.41, 5.74) is -1.05. The summed E-state index contributed by atoms with van der Waals surface area (Å²) >= 11 is 1.25. The molecule has 1 aromatic carbocycles. The molecule has 2 N–H and O–H groups in total. The number of hydrogen-bond acceptors (Lipinski definition) is 4. The van der Waals surface area contributed by atoms with Crippen LogP contribution in [0, 0.1) is 0 Å². The normalized spacial score (nSPS) is 14.0. The third-order valence-electron chi connectivity index (χ3n) is 2.81. The van der Waals surface area contributed by atoms with Crippen LogP contribution in [-0.4, -0.2) is 20.1 Å². The molecule has 1 unspecified atom stereocenters. The number of halogens is 3. The van der Waals surface area contributed by atoms with Crippen LogP contribution in [0.25, 0.3) is 0 Å². The van der Waals surface area contributed by atoms with Crippen LogP contribution in [0.4, 0.5) is 13.2 Å². The Morgan fingerprint density at radius 1 is 1.23 bits per heavy atom. The van der Waals surface area contributed by atoms with Gasteiger partial charge in [0.15, 0.2) is 0 Å². The van der Waals surface area contributed by atoms with E-state index in [1.165, 1.54) is 11.3 Å². The average molecular weight is 351 g/mol. The van der Waals surface area contributed by atoms with Gasteiger partial charge in [-0.25, -0.2) is 13.1 Å². The highest BCUT2D eigenvalue weighted by Gasteiger charge is 2.31. The Morgan fingerprint density at radius 3 is 2.55 bits per heavy atom. The van der Waals surface area contributed by atoms with Gasteiger partial charge in [-0.2, -0.15) is 13.2 Å². The Bertz CT molecular complexity index is 727. The van der Waals surface area contributed by atoms with Crippen molar-refractivity contribution < 1.29 is 26.7 Å². The van der Waals surface area contributed by atoms with Crippen LogP contribution in [-0.2, 0) is 16.2 Å². The molecule has 0 fully saturated rings. The summed E-state index contributed by atoms with van der Waals surface area (Å²) in [6, 6.07) is 6.76. The first-order chi connectivity index (χ1) is 10.2. The molecule has 9 heteroatoms. The minimum absolute atomic E-state index is 0.320. The van der Waals surface area contributed by atoms with E-state index in [1.54, 1.807) is 17.5 Å². The lowest BCUT2D eigenvalue weighted by Crippen LogP contribution is -2.28. The van der Waals surface area contributed by atoms with Gasteiger partial charge in [0.25, 0.3) is 0 Å². The maximum Gasteiger partial charge on any atom is 0.416 e. The number of hydrogen-bond donors (Lipinski definition) is 2. The van der Waals surface area contributed by atoms with Crippen molar-refractivity contribution in [1.82, 2.24) is 4.72 Å². The highest BCUT2D eigenvalue weighted by molar-refractivity contribution is 7.89. The number of rotatable bonds is 5. The van der Waals surface area contributed by atoms with E-state index in [0.29, 0.717) is 10.9 Å². The van der Waals surface area contributed by atoms with Crippen LogP contribution in [0.3, 0.4) is 0 Å². The molecule has 4 nitrogen and oxygen atoms in total. The van der Waals surface area contributed by atoms with Gasteiger partial charge in [-0.1, -0.05) is 12.1 Å². The second kappa shape index (κ2) is 6.37. The molecular weight excluding hydrogens is 339 g/mol. The Morgan fingerprint density at radius 2 is 1.95 bits per heavy atom. The molecule has 0 spiro atoms. The third kappa shape index (κ3) is 4.07. The van der Waals surface area contributed by atoms with Crippen molar-refractivity contribution in [2.24, 2.45) is 0 Å². The van der Waals surface area contributed by atoms with Crippen molar-refractivity contribution in [2.45, 2.75) is 17.2 Å². The molecule has 0 aliphatic carbocycles. The monoisotopic (exact) mass is 351 g/mol. The molecule has 0 bridgehead atoms. The van der Waals surface area contributed by atoms with Gasteiger partial charge in [0.1, 0.15) is 6.10 Å². The molecule has 120 valence electrons. The summed E-state index contributed by atoms with van der Waals surface area (Å²) in [7, 11) is -4.13. The van der Waals surface area contributed by atoms with Gasteiger partial charge in [-0.15, -0.1) is 11.3 Å². The van der Waals surface area contributed by atoms with Gasteiger partial charge in [0, 0.05) is 11.4 Å². The molecular formula is C13H12F3NO3S2. The maximum absolute atomic E-state index is 12.6. The lowest BCUT2D eigenvalue weighted by Gasteiger charge is -2.12. The number of alkyl halides is 3. The summed E-state index contributed by atoms with van der Waals surface area (Å²) in [4.78, 5) is 0.0625. The quantitative estimate of drug-likeness (QED) is 0.871. The molecule has 0 saturated carbocycles. The number of sulfonamides is 1. The van der Waals surface area contributed by atoms with Gasteiger partial charge < -0.3 is 5.11 Å². The van der Waals surface area contributed by atoms with Crippen molar-refractivity contribution >= 4 is 21.4 Å². The molecule has 1 atom stereocenters.